The van der Waals surface area contributed by atoms with Crippen molar-refractivity contribution in [3.8, 4) is 11.5 Å². The van der Waals surface area contributed by atoms with Gasteiger partial charge in [-0.2, -0.15) is 0 Å². The van der Waals surface area contributed by atoms with Crippen LogP contribution in [-0.2, 0) is 43.2 Å². The Morgan fingerprint density at radius 2 is 0.940 bits per heavy atom. The van der Waals surface area contributed by atoms with Crippen molar-refractivity contribution in [2.24, 2.45) is 33.0 Å². The molecule has 2 saturated heterocycles. The molecule has 2 aromatic rings. The van der Waals surface area contributed by atoms with Crippen molar-refractivity contribution >= 4 is 168 Å². The van der Waals surface area contributed by atoms with Gasteiger partial charge in [-0.1, -0.05) is 90.4 Å². The monoisotopic (exact) mass is 1340 g/mol. The molecule has 4 aliphatic heterocycles. The number of carboxylic acids is 1. The van der Waals surface area contributed by atoms with Crippen molar-refractivity contribution < 1.29 is 57.8 Å². The van der Waals surface area contributed by atoms with Crippen molar-refractivity contribution in [2.45, 2.75) is 247 Å². The molecule has 3 N–H and O–H groups in total. The standard InChI is InChI=1S/C33H49N3O6.C32H47N3O6.B17/c1-20(2)41-28-21(3)14-24(15-22(28)4)25-17-33(42-35-25)18-26(31(39)40-8)36(19-33)30(38)29(32(5,6)7)34-27(37)16-23-12-10-9-11-13-23;1-19(2)40-27-20(3)13-23(14-21(27)4)24-16-32(41-34-24)17-25(30(38)39)35(18-32)29(37)28(31(5,6)7)33-26(36)15-22-11-9-8-10-12-22;1-10-15(11(2)3)17(14(8)9)16(12(4)5)13(6)7/h14-15,20,23,26,29H,9-13,16-19H2,1-8H3,(H,34,37);13-14,19,22,25,28H,8-12,15-18H2,1-7H3,(H,33,36)(H,38,39);/t26-,29+,33+;25-,28+,32+;/m00./s1. The van der Waals surface area contributed by atoms with Gasteiger partial charge in [-0.05, 0) is 150 Å². The fraction of sp³-hybridized carbons (Fsp3) is 0.692. The lowest BCUT2D eigenvalue weighted by atomic mass is 8.43. The Kier molecular flexibility index (Phi) is 30.2. The largest absolute Gasteiger partial charge is 0.490 e. The van der Waals surface area contributed by atoms with Crippen LogP contribution in [0.1, 0.15) is 205 Å². The predicted octanol–water partition coefficient (Wildman–Crippen LogP) is 3.90. The van der Waals surface area contributed by atoms with E-state index in [4.69, 9.17) is 93.5 Å². The summed E-state index contributed by atoms with van der Waals surface area (Å²) in [6, 6.07) is 4.56. The Hall–Kier alpha value is -5.10. The van der Waals surface area contributed by atoms with Gasteiger partial charge in [0.05, 0.1) is 43.8 Å². The zero-order valence-electron chi connectivity index (χ0n) is 62.2. The quantitative estimate of drug-likeness (QED) is 0.107. The number of methoxy groups -OCH3 is 1. The number of carboxylic acid groups (broad SMARTS) is 1. The molecule has 4 fully saturated rings. The van der Waals surface area contributed by atoms with Crippen molar-refractivity contribution in [1.82, 2.24) is 20.4 Å². The molecule has 4 heterocycles. The number of aliphatic carboxylic acids is 1. The molecular weight excluding hydrogens is 1240 g/mol. The first kappa shape index (κ1) is 83.8. The minimum absolute atomic E-state index is 0.0533. The molecule has 100 heavy (non-hydrogen) atoms. The summed E-state index contributed by atoms with van der Waals surface area (Å²) in [7, 11) is 53.3. The Balaban J connectivity index is 0.000000257. The highest BCUT2D eigenvalue weighted by atomic mass is 16.7. The van der Waals surface area contributed by atoms with E-state index in [1.54, 1.807) is 0 Å². The minimum Gasteiger partial charge on any atom is -0.490 e. The van der Waals surface area contributed by atoms with Crippen molar-refractivity contribution in [1.29, 1.82) is 0 Å². The molecule has 509 valence electrons. The first-order valence-corrected chi connectivity index (χ1v) is 35.8. The first-order valence-electron chi connectivity index (χ1n) is 35.8. The summed E-state index contributed by atoms with van der Waals surface area (Å²) in [4.78, 5) is 94.6. The zero-order chi connectivity index (χ0) is 74.7. The lowest BCUT2D eigenvalue weighted by Crippen LogP contribution is -2.76. The summed E-state index contributed by atoms with van der Waals surface area (Å²) < 4.78 is 17.1. The van der Waals surface area contributed by atoms with Crippen LogP contribution in [0.4, 0.5) is 0 Å². The van der Waals surface area contributed by atoms with Crippen LogP contribution in [0.2, 0.25) is 0 Å². The van der Waals surface area contributed by atoms with Gasteiger partial charge in [0.2, 0.25) is 23.6 Å². The fourth-order valence-electron chi connectivity index (χ4n) is 15.2. The summed E-state index contributed by atoms with van der Waals surface area (Å²) in [5.74, 6) is -0.138. The van der Waals surface area contributed by atoms with Gasteiger partial charge in [0.1, 0.15) is 35.7 Å². The number of ether oxygens (including phenoxy) is 3. The number of nitrogens with one attached hydrogen (secondary N) is 2. The average molecular weight is 1340 g/mol. The van der Waals surface area contributed by atoms with Crippen LogP contribution < -0.4 is 20.1 Å². The molecule has 6 aliphatic rings. The Labute approximate surface area is 612 Å². The molecule has 2 saturated carbocycles. The summed E-state index contributed by atoms with van der Waals surface area (Å²) in [6.07, 6.45) is 8.65. The second-order valence-electron chi connectivity index (χ2n) is 31.8. The van der Waals surface area contributed by atoms with E-state index in [0.717, 1.165) is 108 Å². The lowest BCUT2D eigenvalue weighted by Gasteiger charge is -2.38. The van der Waals surface area contributed by atoms with Gasteiger partial charge < -0.3 is 49.4 Å². The summed E-state index contributed by atoms with van der Waals surface area (Å²) in [5.41, 5.74) is 4.35. The molecule has 2 spiro atoms. The first-order chi connectivity index (χ1) is 46.6. The lowest BCUT2D eigenvalue weighted by molar-refractivity contribution is -0.153. The van der Waals surface area contributed by atoms with Crippen LogP contribution in [0.25, 0.3) is 0 Å². The Morgan fingerprint density at radius 1 is 0.590 bits per heavy atom. The molecule has 19 radical (unpaired) electrons. The number of rotatable bonds is 23. The molecule has 18 nitrogen and oxygen atoms in total. The zero-order valence-corrected chi connectivity index (χ0v) is 62.2. The molecule has 0 bridgehead atoms. The molecular formula is C65H96B17N6O12. The number of carbonyl (C=O) groups excluding carboxylic acids is 5. The van der Waals surface area contributed by atoms with Crippen LogP contribution in [0.3, 0.4) is 0 Å². The van der Waals surface area contributed by atoms with Crippen molar-refractivity contribution in [2.75, 3.05) is 20.2 Å². The van der Waals surface area contributed by atoms with E-state index in [9.17, 15) is 33.9 Å². The molecule has 2 aliphatic carbocycles. The number of amides is 4. The SMILES string of the molecule is COC(=O)[C@@H]1C[C@]2(CC(c3cc(C)c(OC(C)C)c(C)c3)=NO2)CN1C(=O)[C@@H](NC(=O)CC1CCCCC1)C(C)(C)C.Cc1cc(C2=NO[C@]3(C2)C[C@@H](C(=O)O)N(C(=O)[C@@H](NC(=O)CC2CCCCC2)C(C)(C)C)C3)cc(C)c1OC(C)C.[B][B]B(B([B])[B])B(B([B])[B])B(B([B])[B])B([B])[B]. The van der Waals surface area contributed by atoms with Crippen LogP contribution >= 0.6 is 0 Å². The topological polar surface area (TPSA) is 224 Å². The van der Waals surface area contributed by atoms with E-state index < -0.39 is 109 Å². The van der Waals surface area contributed by atoms with E-state index in [2.05, 4.69) is 20.9 Å². The predicted molar refractivity (Wildman–Crippen MR) is 416 cm³/mol. The summed E-state index contributed by atoms with van der Waals surface area (Å²) in [6.45, 7) is 27.7. The van der Waals surface area contributed by atoms with Gasteiger partial charge in [0.15, 0.2) is 11.2 Å². The van der Waals surface area contributed by atoms with E-state index in [1.165, 1.54) is 36.8 Å². The Morgan fingerprint density at radius 3 is 1.24 bits per heavy atom. The van der Waals surface area contributed by atoms with Gasteiger partial charge in [-0.25, -0.2) is 9.59 Å². The van der Waals surface area contributed by atoms with Gasteiger partial charge in [0.25, 0.3) is 0 Å². The molecule has 8 rings (SSSR count). The highest BCUT2D eigenvalue weighted by Crippen LogP contribution is 2.43. The number of esters is 1. The maximum atomic E-state index is 14.2. The summed E-state index contributed by atoms with van der Waals surface area (Å²) in [5, 5.41) is 25.0. The number of aryl methyl sites for hydroxylation is 4. The summed E-state index contributed by atoms with van der Waals surface area (Å²) >= 11 is 0. The van der Waals surface area contributed by atoms with Crippen molar-refractivity contribution in [3.05, 3.63) is 57.6 Å². The van der Waals surface area contributed by atoms with Crippen LogP contribution in [0.15, 0.2) is 34.6 Å². The molecule has 2 aromatic carbocycles. The normalized spacial score (nSPS) is 21.2. The fourth-order valence-corrected chi connectivity index (χ4v) is 15.2. The third-order valence-electron chi connectivity index (χ3n) is 20.2. The van der Waals surface area contributed by atoms with Gasteiger partial charge in [-0.15, -0.1) is 0 Å². The second kappa shape index (κ2) is 36.1. The highest BCUT2D eigenvalue weighted by molar-refractivity contribution is 8.15. The molecule has 0 unspecified atom stereocenters. The number of oxime groups is 2. The molecule has 4 amide bonds. The second-order valence-corrected chi connectivity index (χ2v) is 31.8. The Bertz CT molecular complexity index is 3180. The van der Waals surface area contributed by atoms with Gasteiger partial charge >= 0.3 is 11.9 Å². The maximum absolute atomic E-state index is 14.2. The van der Waals surface area contributed by atoms with E-state index in [1.807, 2.05) is 121 Å². The highest BCUT2D eigenvalue weighted by Gasteiger charge is 2.58. The van der Waals surface area contributed by atoms with E-state index >= 15 is 0 Å². The molecule has 35 heteroatoms. The number of carbonyl (C=O) groups is 6. The van der Waals surface area contributed by atoms with E-state index in [0.29, 0.717) is 37.5 Å². The molecule has 0 aromatic heterocycles. The van der Waals surface area contributed by atoms with Crippen molar-refractivity contribution in [3.63, 3.8) is 0 Å². The average Bonchev–Trinajstić information content (AvgIpc) is 1.60. The smallest absolute Gasteiger partial charge is 0.328 e. The van der Waals surface area contributed by atoms with Gasteiger partial charge in [-0.3, -0.25) is 19.2 Å². The third-order valence-corrected chi connectivity index (χ3v) is 20.2. The molecule has 6 atom stereocenters. The third kappa shape index (κ3) is 22.0. The number of hydrogen-bond acceptors (Lipinski definition) is 13. The number of hydrogen-bond donors (Lipinski definition) is 3. The minimum atomic E-state index is -1.09. The number of likely N-dealkylation sites (tertiary alicyclic amines) is 2. The van der Waals surface area contributed by atoms with E-state index in [-0.39, 0.29) is 55.9 Å². The number of nitrogens with zero attached hydrogens (tertiary/aromatic N) is 4. The van der Waals surface area contributed by atoms with Crippen LogP contribution in [-0.4, -0.2) is 251 Å². The number of benzene rings is 2. The van der Waals surface area contributed by atoms with Gasteiger partial charge in [0, 0.05) is 171 Å². The maximum Gasteiger partial charge on any atom is 0.328 e. The van der Waals surface area contributed by atoms with Crippen LogP contribution in [0.5, 0.6) is 11.5 Å². The van der Waals surface area contributed by atoms with Crippen LogP contribution in [0, 0.1) is 50.4 Å².